The number of Topliss-reactive ketones (excluding diaryl/α,β-unsaturated/α-hetero) is 2. The number of ketones is 2. The number of thiophene rings is 2. The van der Waals surface area contributed by atoms with Crippen molar-refractivity contribution in [2.75, 3.05) is 49.2 Å². The molecule has 4 aliphatic heterocycles. The van der Waals surface area contributed by atoms with Gasteiger partial charge in [0.05, 0.1) is 55.7 Å². The predicted molar refractivity (Wildman–Crippen MR) is 594 cm³/mol. The first-order chi connectivity index (χ1) is 67.1. The molecule has 0 amide bonds. The second kappa shape index (κ2) is 52.8. The Morgan fingerprint density at radius 1 is 0.319 bits per heavy atom. The first-order valence-electron chi connectivity index (χ1n) is 56.5. The minimum absolute atomic E-state index is 0.0900. The van der Waals surface area contributed by atoms with Crippen LogP contribution in [0.25, 0.3) is 41.1 Å². The van der Waals surface area contributed by atoms with E-state index in [9.17, 15) is 10.2 Å². The summed E-state index contributed by atoms with van der Waals surface area (Å²) in [6.07, 6.45) is 72.6. The maximum absolute atomic E-state index is 15.2. The van der Waals surface area contributed by atoms with Crippen molar-refractivity contribution in [1.29, 1.82) is 0 Å². The first-order valence-corrected chi connectivity index (χ1v) is 58.2. The number of unbranched alkanes of at least 4 members (excludes halogenated alkanes) is 46. The molecule has 750 valence electrons. The number of para-hydroxylation sites is 2. The van der Waals surface area contributed by atoms with Gasteiger partial charge in [-0.25, -0.2) is 0 Å². The molecule has 2 N–H and O–H groups in total. The van der Waals surface area contributed by atoms with E-state index in [1.165, 1.54) is 315 Å². The lowest BCUT2D eigenvalue weighted by Gasteiger charge is -2.29. The van der Waals surface area contributed by atoms with Crippen LogP contribution < -0.4 is 19.3 Å². The zero-order valence-corrected chi connectivity index (χ0v) is 90.3. The number of benzene rings is 5. The number of rotatable bonds is 66. The van der Waals surface area contributed by atoms with Gasteiger partial charge in [-0.2, -0.15) is 9.15 Å². The van der Waals surface area contributed by atoms with Crippen LogP contribution in [0, 0.1) is 0 Å². The molecule has 2 aliphatic carbocycles. The van der Waals surface area contributed by atoms with Gasteiger partial charge in [-0.15, -0.1) is 22.7 Å². The summed E-state index contributed by atoms with van der Waals surface area (Å²) in [5.41, 5.74) is 16.2. The van der Waals surface area contributed by atoms with Crippen LogP contribution in [-0.4, -0.2) is 81.7 Å². The molecule has 6 aliphatic rings. The van der Waals surface area contributed by atoms with Crippen LogP contribution >= 0.6 is 22.7 Å². The summed E-state index contributed by atoms with van der Waals surface area (Å²) in [5, 5.41) is 27.3. The number of aliphatic hydroxyl groups excluding tert-OH is 2. The smallest absolute Gasteiger partial charge is 0.209 e. The summed E-state index contributed by atoms with van der Waals surface area (Å²) in [4.78, 5) is 37.7. The normalized spacial score (nSPS) is 17.4. The maximum Gasteiger partial charge on any atom is 0.209 e. The van der Waals surface area contributed by atoms with Crippen molar-refractivity contribution in [3.8, 4) is 32.4 Å². The van der Waals surface area contributed by atoms with E-state index in [4.69, 9.17) is 9.47 Å². The summed E-state index contributed by atoms with van der Waals surface area (Å²) in [6, 6.07) is 36.6. The largest absolute Gasteiger partial charge is 0.506 e. The number of fused-ring (bicyclic) bond motifs is 6. The number of aliphatic hydroxyl groups is 2. The standard InChI is InChI=1S/C126H178N4O6S2/c1-15-21-27-33-39-43-47-51-55-65-79-127-105-73-63-61-71-101(105)123(7,8)111(127)89-95-115(131)97(116(95)132)91-113-125(11,12)103-77-75-93(85-107(103)129(113)81-67-57-53-49-45-41-35-29-23-17-3)109-87-99-119(135-83-69-59-37-31-25-19-5)122-100(120(121(99)137-109)136-84-70-60-38-32-26-20-6)88-110(138-122)94-76-78-104-108(86-94)130(82-68-58-54-50-46-42-36-30-24-18-4)114(126(104,13)14)92-98-117(133)96(118(98)134)90-112-124(9,10)102-72-62-64-74-106(102)128(112)80-66-56-52-48-44-40-34-28-22-16-2/h61-64,71-78,85-92H,15-60,65-70,79-84H2,1-14H3/p+2. The van der Waals surface area contributed by atoms with Crippen LogP contribution in [-0.2, 0) is 31.2 Å². The quantitative estimate of drug-likeness (QED) is 0.0221. The topological polar surface area (TPSA) is 106 Å². The number of ether oxygens (including phenoxy) is 2. The number of carbonyl (C=O) groups excluding carboxylic acids is 2. The Balaban J connectivity index is 0.852. The number of allylic oxidation sites excluding steroid dienone is 10. The third-order valence-electron chi connectivity index (χ3n) is 31.9. The van der Waals surface area contributed by atoms with Crippen molar-refractivity contribution in [2.24, 2.45) is 0 Å². The molecule has 13 rings (SSSR count). The number of nitrogens with zero attached hydrogens (tertiary/aromatic N) is 4. The lowest BCUT2D eigenvalue weighted by atomic mass is 9.77. The molecule has 0 spiro atoms. The van der Waals surface area contributed by atoms with E-state index in [0.717, 1.165) is 166 Å². The molecule has 0 saturated carbocycles. The van der Waals surface area contributed by atoms with Gasteiger partial charge in [0.25, 0.3) is 0 Å². The third-order valence-corrected chi connectivity index (χ3v) is 34.2. The van der Waals surface area contributed by atoms with E-state index >= 15 is 9.59 Å². The van der Waals surface area contributed by atoms with E-state index < -0.39 is 10.8 Å². The van der Waals surface area contributed by atoms with E-state index in [1.54, 1.807) is 0 Å². The van der Waals surface area contributed by atoms with Gasteiger partial charge in [0.1, 0.15) is 36.1 Å². The monoisotopic (exact) mass is 1910 g/mol. The summed E-state index contributed by atoms with van der Waals surface area (Å²) in [6.45, 7) is 36.8. The number of carbonyl (C=O) groups is 2. The number of hydrogen-bond acceptors (Lipinski definition) is 10. The van der Waals surface area contributed by atoms with Crippen LogP contribution in [0.3, 0.4) is 0 Å². The van der Waals surface area contributed by atoms with Gasteiger partial charge < -0.3 is 29.5 Å². The van der Waals surface area contributed by atoms with E-state index in [2.05, 4.69) is 225 Å². The molecule has 6 heterocycles. The average Bonchev–Trinajstić information content (AvgIpc) is 1.57. The first kappa shape index (κ1) is 107. The van der Waals surface area contributed by atoms with E-state index in [-0.39, 0.29) is 33.9 Å². The fraction of sp³-hybridized carbons (Fsp3) is 0.603. The fourth-order valence-corrected chi connectivity index (χ4v) is 25.5. The SMILES string of the molecule is CCCCCCCCCCCCN1/C(=C/C2=C(O)C(=C\C3=[N+](CCCCCCCCCCCC)c4ccccc4C3(C)C)/C2=O)C(C)(C)c2ccc(-c3cc4c(OCCCCCCCC)c5sc(-c6ccc7c(c6)N(CCCCCCCCCCCC)/C(=C/C6=C(O)C(=C\C8=[N+](CCCCCCCCCCCC)c9ccccc9C8(C)C)/C6=O)C7(C)C)cc5c(OCCCCCCCC)c4s3)cc21. The molecule has 0 saturated heterocycles. The minimum atomic E-state index is -0.484. The van der Waals surface area contributed by atoms with E-state index in [1.807, 2.05) is 34.8 Å². The molecule has 0 unspecified atom stereocenters. The van der Waals surface area contributed by atoms with Crippen molar-refractivity contribution in [3.63, 3.8) is 0 Å². The van der Waals surface area contributed by atoms with Gasteiger partial charge in [-0.3, -0.25) is 9.59 Å². The molecular weight excluding hydrogens is 1730 g/mol. The number of hydrogen-bond donors (Lipinski definition) is 2. The Kier molecular flexibility index (Phi) is 41.0. The van der Waals surface area contributed by atoms with Gasteiger partial charge >= 0.3 is 0 Å². The van der Waals surface area contributed by atoms with Gasteiger partial charge in [-0.1, -0.05) is 412 Å². The van der Waals surface area contributed by atoms with Crippen LogP contribution in [0.5, 0.6) is 11.5 Å². The van der Waals surface area contributed by atoms with Crippen LogP contribution in [0.15, 0.2) is 167 Å². The zero-order chi connectivity index (χ0) is 97.6. The van der Waals surface area contributed by atoms with Crippen molar-refractivity contribution in [3.05, 3.63) is 189 Å². The van der Waals surface area contributed by atoms with Crippen molar-refractivity contribution in [2.45, 2.75) is 452 Å². The molecule has 0 fully saturated rings. The van der Waals surface area contributed by atoms with Crippen molar-refractivity contribution in [1.82, 2.24) is 0 Å². The van der Waals surface area contributed by atoms with Gasteiger partial charge in [0, 0.05) is 115 Å². The Morgan fingerprint density at radius 3 is 0.906 bits per heavy atom. The summed E-state index contributed by atoms with van der Waals surface area (Å²) >= 11 is 3.65. The van der Waals surface area contributed by atoms with Crippen molar-refractivity contribution >= 4 is 88.6 Å². The highest BCUT2D eigenvalue weighted by molar-refractivity contribution is 7.24. The molecule has 0 atom stereocenters. The molecule has 0 bridgehead atoms. The third kappa shape index (κ3) is 25.9. The fourth-order valence-electron chi connectivity index (χ4n) is 23.1. The predicted octanol–water partition coefficient (Wildman–Crippen LogP) is 37.4. The summed E-state index contributed by atoms with van der Waals surface area (Å²) in [7, 11) is 0. The highest BCUT2D eigenvalue weighted by Gasteiger charge is 2.50. The molecule has 10 nitrogen and oxygen atoms in total. The lowest BCUT2D eigenvalue weighted by molar-refractivity contribution is -0.438. The number of anilines is 2. The minimum Gasteiger partial charge on any atom is -0.506 e. The van der Waals surface area contributed by atoms with Crippen LogP contribution in [0.4, 0.5) is 22.7 Å². The van der Waals surface area contributed by atoms with Gasteiger partial charge in [-0.05, 0) is 125 Å². The van der Waals surface area contributed by atoms with Gasteiger partial charge in [0.2, 0.25) is 22.9 Å². The lowest BCUT2D eigenvalue weighted by Crippen LogP contribution is -2.32. The van der Waals surface area contributed by atoms with E-state index in [0.29, 0.717) is 35.5 Å². The Bertz CT molecular complexity index is 5080. The summed E-state index contributed by atoms with van der Waals surface area (Å²) in [5.74, 6) is 1.89. The molecule has 2 aromatic heterocycles. The highest BCUT2D eigenvalue weighted by atomic mass is 32.1. The molecule has 12 heteroatoms. The maximum atomic E-state index is 15.2. The molecule has 138 heavy (non-hydrogen) atoms. The Labute approximate surface area is 844 Å². The highest BCUT2D eigenvalue weighted by Crippen LogP contribution is 2.58. The molecule has 7 aromatic rings. The zero-order valence-electron chi connectivity index (χ0n) is 88.7. The summed E-state index contributed by atoms with van der Waals surface area (Å²) < 4.78 is 22.0. The molecular formula is C126H180N4O6S2+2. The Morgan fingerprint density at radius 2 is 0.601 bits per heavy atom. The van der Waals surface area contributed by atoms with Crippen LogP contribution in [0.2, 0.25) is 0 Å². The van der Waals surface area contributed by atoms with Gasteiger partial charge in [0.15, 0.2) is 11.4 Å². The molecule has 0 radical (unpaired) electrons. The van der Waals surface area contributed by atoms with Crippen molar-refractivity contribution < 1.29 is 38.4 Å². The second-order valence-electron chi connectivity index (χ2n) is 44.1. The second-order valence-corrected chi connectivity index (χ2v) is 46.2. The average molecular weight is 1910 g/mol. The molecule has 5 aromatic carbocycles. The van der Waals surface area contributed by atoms with Crippen LogP contribution in [0.1, 0.15) is 453 Å². The Hall–Kier alpha value is -8.06.